The zero-order valence-corrected chi connectivity index (χ0v) is 10.1. The minimum absolute atomic E-state index is 0.0305. The van der Waals surface area contributed by atoms with E-state index in [1.807, 2.05) is 4.90 Å². The average molecular weight is 249 g/mol. The Bertz CT molecular complexity index is 501. The first-order valence-electron chi connectivity index (χ1n) is 5.61. The summed E-state index contributed by atoms with van der Waals surface area (Å²) in [5.41, 5.74) is 7.08. The lowest BCUT2D eigenvalue weighted by Gasteiger charge is -2.34. The van der Waals surface area contributed by atoms with Crippen LogP contribution in [0.4, 0.5) is 11.4 Å². The van der Waals surface area contributed by atoms with Crippen LogP contribution in [0.5, 0.6) is 0 Å². The number of anilines is 2. The predicted molar refractivity (Wildman–Crippen MR) is 67.7 cm³/mol. The highest BCUT2D eigenvalue weighted by molar-refractivity contribution is 5.91. The average Bonchev–Trinajstić information content (AvgIpc) is 2.32. The summed E-state index contributed by atoms with van der Waals surface area (Å²) >= 11 is 0. The molecule has 0 aromatic heterocycles. The minimum Gasteiger partial charge on any atom is -0.478 e. The fourth-order valence-electron chi connectivity index (χ4n) is 1.94. The Kier molecular flexibility index (Phi) is 3.10. The molecule has 18 heavy (non-hydrogen) atoms. The summed E-state index contributed by atoms with van der Waals surface area (Å²) in [6.45, 7) is 1.60. The van der Waals surface area contributed by atoms with Crippen LogP contribution in [0.3, 0.4) is 0 Å². The maximum atomic E-state index is 11.6. The van der Waals surface area contributed by atoms with Crippen molar-refractivity contribution in [3.63, 3.8) is 0 Å². The maximum absolute atomic E-state index is 11.6. The SMILES string of the molecule is CN1CCN(c2ccc(C(=O)O)cc2N)CC1=O. The number of hydrogen-bond acceptors (Lipinski definition) is 4. The molecular formula is C12H15N3O3. The van der Waals surface area contributed by atoms with Crippen molar-refractivity contribution in [1.82, 2.24) is 4.90 Å². The van der Waals surface area contributed by atoms with Gasteiger partial charge in [-0.2, -0.15) is 0 Å². The molecule has 0 saturated carbocycles. The Balaban J connectivity index is 2.24. The number of nitrogens with two attached hydrogens (primary N) is 1. The van der Waals surface area contributed by atoms with Crippen LogP contribution in [0.1, 0.15) is 10.4 Å². The number of carbonyl (C=O) groups excluding carboxylic acids is 1. The number of amides is 1. The number of hydrogen-bond donors (Lipinski definition) is 2. The molecule has 1 aliphatic heterocycles. The highest BCUT2D eigenvalue weighted by atomic mass is 16.4. The zero-order chi connectivity index (χ0) is 13.3. The molecule has 6 nitrogen and oxygen atoms in total. The van der Waals surface area contributed by atoms with E-state index in [0.717, 1.165) is 0 Å². The van der Waals surface area contributed by atoms with Gasteiger partial charge in [0.15, 0.2) is 0 Å². The molecule has 0 radical (unpaired) electrons. The van der Waals surface area contributed by atoms with E-state index in [9.17, 15) is 9.59 Å². The number of nitrogens with zero attached hydrogens (tertiary/aromatic N) is 2. The van der Waals surface area contributed by atoms with E-state index in [0.29, 0.717) is 24.5 Å². The van der Waals surface area contributed by atoms with Crippen LogP contribution < -0.4 is 10.6 Å². The van der Waals surface area contributed by atoms with Gasteiger partial charge in [-0.3, -0.25) is 4.79 Å². The zero-order valence-electron chi connectivity index (χ0n) is 10.1. The Morgan fingerprint density at radius 1 is 1.39 bits per heavy atom. The third-order valence-electron chi connectivity index (χ3n) is 3.07. The maximum Gasteiger partial charge on any atom is 0.335 e. The Morgan fingerprint density at radius 2 is 2.11 bits per heavy atom. The van der Waals surface area contributed by atoms with E-state index in [1.54, 1.807) is 18.0 Å². The number of piperazine rings is 1. The van der Waals surface area contributed by atoms with Crippen molar-refractivity contribution < 1.29 is 14.7 Å². The molecule has 96 valence electrons. The number of benzene rings is 1. The predicted octanol–water partition coefficient (Wildman–Crippen LogP) is 0.245. The van der Waals surface area contributed by atoms with E-state index in [2.05, 4.69) is 0 Å². The first-order chi connectivity index (χ1) is 8.49. The molecule has 1 aliphatic rings. The van der Waals surface area contributed by atoms with Gasteiger partial charge < -0.3 is 20.6 Å². The van der Waals surface area contributed by atoms with Gasteiger partial charge in [0.05, 0.1) is 23.5 Å². The Hall–Kier alpha value is -2.24. The molecule has 1 heterocycles. The third kappa shape index (κ3) is 2.22. The van der Waals surface area contributed by atoms with E-state index in [1.165, 1.54) is 12.1 Å². The van der Waals surface area contributed by atoms with E-state index < -0.39 is 5.97 Å². The third-order valence-corrected chi connectivity index (χ3v) is 3.07. The molecule has 0 atom stereocenters. The van der Waals surface area contributed by atoms with Gasteiger partial charge in [-0.25, -0.2) is 4.79 Å². The van der Waals surface area contributed by atoms with E-state index in [4.69, 9.17) is 10.8 Å². The summed E-state index contributed by atoms with van der Waals surface area (Å²) in [6.07, 6.45) is 0. The first-order valence-corrected chi connectivity index (χ1v) is 5.61. The monoisotopic (exact) mass is 249 g/mol. The lowest BCUT2D eigenvalue weighted by molar-refractivity contribution is -0.129. The van der Waals surface area contributed by atoms with Gasteiger partial charge in [0.25, 0.3) is 0 Å². The van der Waals surface area contributed by atoms with E-state index >= 15 is 0 Å². The van der Waals surface area contributed by atoms with Crippen molar-refractivity contribution in [2.45, 2.75) is 0 Å². The van der Waals surface area contributed by atoms with Gasteiger partial charge in [0.2, 0.25) is 5.91 Å². The molecule has 1 aromatic rings. The lowest BCUT2D eigenvalue weighted by Crippen LogP contribution is -2.48. The van der Waals surface area contributed by atoms with Gasteiger partial charge in [-0.1, -0.05) is 0 Å². The standard InChI is InChI=1S/C12H15N3O3/c1-14-4-5-15(7-11(14)16)10-3-2-8(12(17)18)6-9(10)13/h2-3,6H,4-5,7,13H2,1H3,(H,17,18). The summed E-state index contributed by atoms with van der Waals surface area (Å²) in [5, 5.41) is 8.86. The van der Waals surface area contributed by atoms with Crippen LogP contribution in [0.25, 0.3) is 0 Å². The summed E-state index contributed by atoms with van der Waals surface area (Å²) in [6, 6.07) is 4.56. The summed E-state index contributed by atoms with van der Waals surface area (Å²) in [5.74, 6) is -0.981. The van der Waals surface area contributed by atoms with Crippen molar-refractivity contribution in [2.24, 2.45) is 0 Å². The second-order valence-corrected chi connectivity index (χ2v) is 4.32. The molecule has 1 amide bonds. The second-order valence-electron chi connectivity index (χ2n) is 4.32. The minimum atomic E-state index is -1.01. The van der Waals surface area contributed by atoms with Gasteiger partial charge in [-0.05, 0) is 18.2 Å². The number of likely N-dealkylation sites (N-methyl/N-ethyl adjacent to an activating group) is 1. The quantitative estimate of drug-likeness (QED) is 0.733. The molecule has 6 heteroatoms. The van der Waals surface area contributed by atoms with Crippen molar-refractivity contribution in [3.05, 3.63) is 23.8 Å². The number of rotatable bonds is 2. The largest absolute Gasteiger partial charge is 0.478 e. The number of carboxylic acid groups (broad SMARTS) is 1. The topological polar surface area (TPSA) is 86.9 Å². The van der Waals surface area contributed by atoms with Crippen molar-refractivity contribution in [1.29, 1.82) is 0 Å². The van der Waals surface area contributed by atoms with Gasteiger partial charge in [0, 0.05) is 20.1 Å². The lowest BCUT2D eigenvalue weighted by atomic mass is 10.1. The molecule has 0 unspecified atom stereocenters. The Labute approximate surface area is 105 Å². The summed E-state index contributed by atoms with van der Waals surface area (Å²) in [4.78, 5) is 25.9. The summed E-state index contributed by atoms with van der Waals surface area (Å²) in [7, 11) is 1.76. The highest BCUT2D eigenvalue weighted by Gasteiger charge is 2.22. The van der Waals surface area contributed by atoms with Crippen LogP contribution in [0.15, 0.2) is 18.2 Å². The first kappa shape index (κ1) is 12.2. The van der Waals surface area contributed by atoms with Gasteiger partial charge in [0.1, 0.15) is 0 Å². The second kappa shape index (κ2) is 4.56. The number of aromatic carboxylic acids is 1. The molecule has 0 spiro atoms. The molecule has 1 fully saturated rings. The number of carbonyl (C=O) groups is 2. The highest BCUT2D eigenvalue weighted by Crippen LogP contribution is 2.25. The van der Waals surface area contributed by atoms with Crippen molar-refractivity contribution in [2.75, 3.05) is 37.3 Å². The fraction of sp³-hybridized carbons (Fsp3) is 0.333. The Morgan fingerprint density at radius 3 is 2.67 bits per heavy atom. The van der Waals surface area contributed by atoms with Crippen molar-refractivity contribution >= 4 is 23.3 Å². The summed E-state index contributed by atoms with van der Waals surface area (Å²) < 4.78 is 0. The normalized spacial score (nSPS) is 15.9. The van der Waals surface area contributed by atoms with Crippen molar-refractivity contribution in [3.8, 4) is 0 Å². The molecule has 0 aliphatic carbocycles. The van der Waals surface area contributed by atoms with Crippen LogP contribution in [0, 0.1) is 0 Å². The number of carboxylic acids is 1. The van der Waals surface area contributed by atoms with E-state index in [-0.39, 0.29) is 18.0 Å². The van der Waals surface area contributed by atoms with Crippen LogP contribution >= 0.6 is 0 Å². The molecule has 1 saturated heterocycles. The number of nitrogen functional groups attached to an aromatic ring is 1. The molecule has 3 N–H and O–H groups in total. The molecule has 1 aromatic carbocycles. The molecule has 2 rings (SSSR count). The fourth-order valence-corrected chi connectivity index (χ4v) is 1.94. The van der Waals surface area contributed by atoms with Crippen LogP contribution in [-0.4, -0.2) is 48.6 Å². The van der Waals surface area contributed by atoms with Crippen LogP contribution in [0.2, 0.25) is 0 Å². The van der Waals surface area contributed by atoms with Gasteiger partial charge in [-0.15, -0.1) is 0 Å². The smallest absolute Gasteiger partial charge is 0.335 e. The van der Waals surface area contributed by atoms with Gasteiger partial charge >= 0.3 is 5.97 Å². The van der Waals surface area contributed by atoms with Crippen LogP contribution in [-0.2, 0) is 4.79 Å². The molecule has 0 bridgehead atoms. The molecular weight excluding hydrogens is 234 g/mol.